The predicted molar refractivity (Wildman–Crippen MR) is 85.1 cm³/mol. The van der Waals surface area contributed by atoms with Crippen LogP contribution >= 0.6 is 15.9 Å². The summed E-state index contributed by atoms with van der Waals surface area (Å²) in [4.78, 5) is 0.211. The van der Waals surface area contributed by atoms with Crippen molar-refractivity contribution in [3.8, 4) is 11.5 Å². The summed E-state index contributed by atoms with van der Waals surface area (Å²) in [5.74, 6) is 1.70. The molecule has 0 spiro atoms. The van der Waals surface area contributed by atoms with Gasteiger partial charge in [-0.05, 0) is 37.6 Å². The van der Waals surface area contributed by atoms with Crippen molar-refractivity contribution in [2.24, 2.45) is 0 Å². The van der Waals surface area contributed by atoms with Crippen molar-refractivity contribution >= 4 is 15.9 Å². The summed E-state index contributed by atoms with van der Waals surface area (Å²) in [5.41, 5.74) is 0.924. The largest absolute Gasteiger partial charge is 0.494 e. The Labute approximate surface area is 133 Å². The van der Waals surface area contributed by atoms with Gasteiger partial charge < -0.3 is 9.47 Å². The average Bonchev–Trinajstić information content (AvgIpc) is 2.95. The monoisotopic (exact) mass is 353 g/mol. The van der Waals surface area contributed by atoms with Gasteiger partial charge in [0.2, 0.25) is 0 Å². The SMILES string of the molecule is CCCOc1ccc(OCCn2cc(C(C)Br)nn2)cc1. The molecule has 0 saturated heterocycles. The summed E-state index contributed by atoms with van der Waals surface area (Å²) < 4.78 is 13.0. The fourth-order valence-electron chi connectivity index (χ4n) is 1.71. The van der Waals surface area contributed by atoms with Crippen LogP contribution in [0.2, 0.25) is 0 Å². The molecule has 1 aromatic carbocycles. The van der Waals surface area contributed by atoms with E-state index in [1.54, 1.807) is 4.68 Å². The highest BCUT2D eigenvalue weighted by atomic mass is 79.9. The molecule has 0 aliphatic carbocycles. The Morgan fingerprint density at radius 2 is 1.76 bits per heavy atom. The van der Waals surface area contributed by atoms with E-state index >= 15 is 0 Å². The summed E-state index contributed by atoms with van der Waals surface area (Å²) >= 11 is 3.47. The van der Waals surface area contributed by atoms with Gasteiger partial charge in [-0.1, -0.05) is 28.1 Å². The van der Waals surface area contributed by atoms with Crippen LogP contribution < -0.4 is 9.47 Å². The third-order valence-corrected chi connectivity index (χ3v) is 3.32. The van der Waals surface area contributed by atoms with Gasteiger partial charge in [0.1, 0.15) is 18.1 Å². The Bertz CT molecular complexity index is 540. The molecule has 2 aromatic rings. The number of hydrogen-bond acceptors (Lipinski definition) is 4. The van der Waals surface area contributed by atoms with Crippen molar-refractivity contribution < 1.29 is 9.47 Å². The number of alkyl halides is 1. The first-order valence-electron chi connectivity index (χ1n) is 7.09. The molecule has 0 radical (unpaired) electrons. The van der Waals surface area contributed by atoms with Gasteiger partial charge in [-0.3, -0.25) is 0 Å². The van der Waals surface area contributed by atoms with Crippen molar-refractivity contribution in [1.82, 2.24) is 15.0 Å². The lowest BCUT2D eigenvalue weighted by atomic mass is 10.3. The molecule has 0 aliphatic rings. The molecular formula is C15H20BrN3O2. The predicted octanol–water partition coefficient (Wildman–Crippen LogP) is 3.60. The van der Waals surface area contributed by atoms with Gasteiger partial charge in [0.25, 0.3) is 0 Å². The Morgan fingerprint density at radius 1 is 1.14 bits per heavy atom. The van der Waals surface area contributed by atoms with Gasteiger partial charge in [0.15, 0.2) is 0 Å². The van der Waals surface area contributed by atoms with Crippen LogP contribution in [0, 0.1) is 0 Å². The zero-order valence-electron chi connectivity index (χ0n) is 12.3. The first-order chi connectivity index (χ1) is 10.2. The molecule has 0 N–H and O–H groups in total. The molecule has 0 fully saturated rings. The van der Waals surface area contributed by atoms with Gasteiger partial charge in [0, 0.05) is 6.20 Å². The summed E-state index contributed by atoms with van der Waals surface area (Å²) in [6.07, 6.45) is 2.93. The Hall–Kier alpha value is -1.56. The second-order valence-electron chi connectivity index (χ2n) is 4.69. The number of hydrogen-bond donors (Lipinski definition) is 0. The van der Waals surface area contributed by atoms with E-state index in [1.165, 1.54) is 0 Å². The molecular weight excluding hydrogens is 334 g/mol. The third kappa shape index (κ3) is 5.04. The highest BCUT2D eigenvalue weighted by Gasteiger charge is 2.06. The molecule has 1 unspecified atom stereocenters. The van der Waals surface area contributed by atoms with Crippen LogP contribution in [-0.4, -0.2) is 28.2 Å². The Morgan fingerprint density at radius 3 is 2.29 bits per heavy atom. The molecule has 6 heteroatoms. The van der Waals surface area contributed by atoms with Crippen LogP contribution in [0.15, 0.2) is 30.5 Å². The van der Waals surface area contributed by atoms with Crippen LogP contribution in [0.3, 0.4) is 0 Å². The number of ether oxygens (including phenoxy) is 2. The first kappa shape index (κ1) is 15.8. The topological polar surface area (TPSA) is 49.2 Å². The molecule has 0 aliphatic heterocycles. The maximum absolute atomic E-state index is 5.68. The zero-order valence-corrected chi connectivity index (χ0v) is 13.9. The van der Waals surface area contributed by atoms with Crippen molar-refractivity contribution in [2.45, 2.75) is 31.6 Å². The minimum atomic E-state index is 0.211. The lowest BCUT2D eigenvalue weighted by Gasteiger charge is -2.08. The van der Waals surface area contributed by atoms with Gasteiger partial charge in [-0.15, -0.1) is 5.10 Å². The first-order valence-corrected chi connectivity index (χ1v) is 8.00. The highest BCUT2D eigenvalue weighted by Crippen LogP contribution is 2.19. The van der Waals surface area contributed by atoms with Crippen LogP contribution in [0.4, 0.5) is 0 Å². The number of aromatic nitrogens is 3. The van der Waals surface area contributed by atoms with E-state index in [-0.39, 0.29) is 4.83 Å². The lowest BCUT2D eigenvalue weighted by Crippen LogP contribution is -2.08. The van der Waals surface area contributed by atoms with Crippen LogP contribution in [-0.2, 0) is 6.54 Å². The van der Waals surface area contributed by atoms with Gasteiger partial charge in [0.05, 0.1) is 23.7 Å². The molecule has 5 nitrogen and oxygen atoms in total. The number of nitrogens with zero attached hydrogens (tertiary/aromatic N) is 3. The van der Waals surface area contributed by atoms with Gasteiger partial charge in [-0.2, -0.15) is 0 Å². The fraction of sp³-hybridized carbons (Fsp3) is 0.467. The van der Waals surface area contributed by atoms with Crippen molar-refractivity contribution in [2.75, 3.05) is 13.2 Å². The van der Waals surface area contributed by atoms with Crippen LogP contribution in [0.1, 0.15) is 30.8 Å². The highest BCUT2D eigenvalue weighted by molar-refractivity contribution is 9.09. The molecule has 0 bridgehead atoms. The summed E-state index contributed by atoms with van der Waals surface area (Å²) in [7, 11) is 0. The van der Waals surface area contributed by atoms with E-state index in [4.69, 9.17) is 9.47 Å². The molecule has 0 amide bonds. The quantitative estimate of drug-likeness (QED) is 0.680. The maximum atomic E-state index is 5.68. The Kier molecular flexibility index (Phi) is 6.04. The molecule has 2 rings (SSSR count). The summed E-state index contributed by atoms with van der Waals surface area (Å²) in [5, 5.41) is 8.13. The van der Waals surface area contributed by atoms with Gasteiger partial charge >= 0.3 is 0 Å². The van der Waals surface area contributed by atoms with Crippen LogP contribution in [0.25, 0.3) is 0 Å². The van der Waals surface area contributed by atoms with E-state index in [9.17, 15) is 0 Å². The molecule has 114 valence electrons. The number of halogens is 1. The summed E-state index contributed by atoms with van der Waals surface area (Å²) in [6.45, 7) is 6.06. The molecule has 1 heterocycles. The normalized spacial score (nSPS) is 12.1. The van der Waals surface area contributed by atoms with E-state index < -0.39 is 0 Å². The van der Waals surface area contributed by atoms with Crippen molar-refractivity contribution in [3.63, 3.8) is 0 Å². The second kappa shape index (κ2) is 8.02. The maximum Gasteiger partial charge on any atom is 0.119 e. The number of rotatable bonds is 8. The van der Waals surface area contributed by atoms with Crippen molar-refractivity contribution in [3.05, 3.63) is 36.2 Å². The third-order valence-electron chi connectivity index (χ3n) is 2.85. The van der Waals surface area contributed by atoms with Crippen LogP contribution in [0.5, 0.6) is 11.5 Å². The Balaban J connectivity index is 1.77. The summed E-state index contributed by atoms with van der Waals surface area (Å²) in [6, 6.07) is 7.67. The van der Waals surface area contributed by atoms with E-state index in [1.807, 2.05) is 37.4 Å². The van der Waals surface area contributed by atoms with Gasteiger partial charge in [-0.25, -0.2) is 4.68 Å². The molecule has 1 atom stereocenters. The molecule has 1 aromatic heterocycles. The average molecular weight is 354 g/mol. The second-order valence-corrected chi connectivity index (χ2v) is 6.06. The zero-order chi connectivity index (χ0) is 15.1. The van der Waals surface area contributed by atoms with E-state index in [0.29, 0.717) is 13.2 Å². The van der Waals surface area contributed by atoms with E-state index in [0.717, 1.165) is 30.2 Å². The molecule has 21 heavy (non-hydrogen) atoms. The van der Waals surface area contributed by atoms with Crippen molar-refractivity contribution in [1.29, 1.82) is 0 Å². The minimum Gasteiger partial charge on any atom is -0.494 e. The smallest absolute Gasteiger partial charge is 0.119 e. The van der Waals surface area contributed by atoms with E-state index in [2.05, 4.69) is 33.2 Å². The lowest BCUT2D eigenvalue weighted by molar-refractivity contribution is 0.287. The standard InChI is InChI=1S/C15H20BrN3O2/c1-3-9-20-13-4-6-14(7-5-13)21-10-8-19-11-15(12(2)16)17-18-19/h4-7,11-12H,3,8-10H2,1-2H3. The number of benzene rings is 1. The minimum absolute atomic E-state index is 0.211. The molecule has 0 saturated carbocycles. The fourth-order valence-corrected chi connectivity index (χ4v) is 1.92.